The SMILES string of the molecule is CCOC(=O)C(C)(CCSC(C)C(C)O)NC. The number of rotatable bonds is 8. The number of hydrogen-bond donors (Lipinski definition) is 2. The monoisotopic (exact) mass is 263 g/mol. The van der Waals surface area contributed by atoms with Crippen molar-refractivity contribution in [2.75, 3.05) is 19.4 Å². The molecule has 0 aliphatic carbocycles. The molecule has 0 heterocycles. The quantitative estimate of drug-likeness (QED) is 0.649. The van der Waals surface area contributed by atoms with E-state index in [9.17, 15) is 9.90 Å². The highest BCUT2D eigenvalue weighted by Crippen LogP contribution is 2.20. The van der Waals surface area contributed by atoms with Crippen LogP contribution in [0.3, 0.4) is 0 Å². The molecular formula is C12H25NO3S. The van der Waals surface area contributed by atoms with E-state index in [0.717, 1.165) is 5.75 Å². The highest BCUT2D eigenvalue weighted by Gasteiger charge is 2.32. The Morgan fingerprint density at radius 1 is 1.53 bits per heavy atom. The summed E-state index contributed by atoms with van der Waals surface area (Å²) in [6, 6.07) is 0. The molecule has 102 valence electrons. The first kappa shape index (κ1) is 16.7. The maximum atomic E-state index is 11.8. The van der Waals surface area contributed by atoms with Crippen molar-refractivity contribution < 1.29 is 14.6 Å². The Hall–Kier alpha value is -0.260. The van der Waals surface area contributed by atoms with Crippen molar-refractivity contribution in [2.45, 2.75) is 51.0 Å². The van der Waals surface area contributed by atoms with E-state index >= 15 is 0 Å². The van der Waals surface area contributed by atoms with Gasteiger partial charge in [-0.05, 0) is 40.0 Å². The van der Waals surface area contributed by atoms with Gasteiger partial charge in [-0.2, -0.15) is 11.8 Å². The van der Waals surface area contributed by atoms with Crippen molar-refractivity contribution in [1.82, 2.24) is 5.32 Å². The fourth-order valence-electron chi connectivity index (χ4n) is 1.21. The van der Waals surface area contributed by atoms with Crippen LogP contribution >= 0.6 is 11.8 Å². The van der Waals surface area contributed by atoms with Crippen LogP contribution in [0.4, 0.5) is 0 Å². The first-order chi connectivity index (χ1) is 7.87. The topological polar surface area (TPSA) is 58.6 Å². The standard InChI is InChI=1S/C12H25NO3S/c1-6-16-11(15)12(4,13-5)7-8-17-10(3)9(2)14/h9-10,13-14H,6-8H2,1-5H3. The third-order valence-electron chi connectivity index (χ3n) is 2.94. The van der Waals surface area contributed by atoms with Gasteiger partial charge in [-0.15, -0.1) is 0 Å². The van der Waals surface area contributed by atoms with Crippen LogP contribution in [0.15, 0.2) is 0 Å². The van der Waals surface area contributed by atoms with E-state index in [2.05, 4.69) is 5.32 Å². The number of carbonyl (C=O) groups is 1. The molecule has 5 heteroatoms. The summed E-state index contributed by atoms with van der Waals surface area (Å²) in [6.45, 7) is 7.81. The van der Waals surface area contributed by atoms with Gasteiger partial charge in [0.05, 0.1) is 12.7 Å². The van der Waals surface area contributed by atoms with Crippen molar-refractivity contribution in [1.29, 1.82) is 0 Å². The van der Waals surface area contributed by atoms with Crippen LogP contribution in [-0.4, -0.2) is 47.4 Å². The molecule has 0 aromatic carbocycles. The molecule has 0 saturated carbocycles. The predicted octanol–water partition coefficient (Wildman–Crippen LogP) is 1.42. The molecule has 0 amide bonds. The second-order valence-electron chi connectivity index (χ2n) is 4.37. The van der Waals surface area contributed by atoms with Gasteiger partial charge in [-0.1, -0.05) is 6.92 Å². The van der Waals surface area contributed by atoms with E-state index in [1.54, 1.807) is 32.7 Å². The lowest BCUT2D eigenvalue weighted by molar-refractivity contribution is -0.150. The molecule has 17 heavy (non-hydrogen) atoms. The Morgan fingerprint density at radius 2 is 2.12 bits per heavy atom. The fourth-order valence-corrected chi connectivity index (χ4v) is 2.38. The number of aliphatic hydroxyl groups is 1. The molecule has 0 aliphatic rings. The molecule has 2 N–H and O–H groups in total. The first-order valence-electron chi connectivity index (χ1n) is 6.03. The molecule has 0 radical (unpaired) electrons. The molecule has 3 atom stereocenters. The first-order valence-corrected chi connectivity index (χ1v) is 7.08. The number of likely N-dealkylation sites (N-methyl/N-ethyl adjacent to an activating group) is 1. The van der Waals surface area contributed by atoms with Crippen LogP contribution < -0.4 is 5.32 Å². The average Bonchev–Trinajstić information content (AvgIpc) is 2.28. The third-order valence-corrected chi connectivity index (χ3v) is 4.30. The minimum absolute atomic E-state index is 0.179. The van der Waals surface area contributed by atoms with Crippen molar-refractivity contribution in [3.63, 3.8) is 0 Å². The average molecular weight is 263 g/mol. The van der Waals surface area contributed by atoms with Crippen LogP contribution in [0.5, 0.6) is 0 Å². The van der Waals surface area contributed by atoms with E-state index in [4.69, 9.17) is 4.74 Å². The molecule has 0 aromatic heterocycles. The van der Waals surface area contributed by atoms with E-state index < -0.39 is 5.54 Å². The second kappa shape index (κ2) is 7.95. The molecule has 0 aliphatic heterocycles. The van der Waals surface area contributed by atoms with E-state index in [-0.39, 0.29) is 17.3 Å². The minimum Gasteiger partial charge on any atom is -0.465 e. The Kier molecular flexibility index (Phi) is 7.83. The number of ether oxygens (including phenoxy) is 1. The Morgan fingerprint density at radius 3 is 2.53 bits per heavy atom. The molecule has 0 fully saturated rings. The number of aliphatic hydroxyl groups excluding tert-OH is 1. The molecule has 0 bridgehead atoms. The van der Waals surface area contributed by atoms with E-state index in [1.807, 2.05) is 13.8 Å². The van der Waals surface area contributed by atoms with Gasteiger partial charge in [-0.3, -0.25) is 4.79 Å². The van der Waals surface area contributed by atoms with E-state index in [1.165, 1.54) is 0 Å². The largest absolute Gasteiger partial charge is 0.465 e. The lowest BCUT2D eigenvalue weighted by Gasteiger charge is -2.27. The maximum absolute atomic E-state index is 11.8. The number of carbonyl (C=O) groups excluding carboxylic acids is 1. The molecule has 0 spiro atoms. The molecule has 0 rings (SSSR count). The van der Waals surface area contributed by atoms with Gasteiger partial charge in [0.2, 0.25) is 0 Å². The summed E-state index contributed by atoms with van der Waals surface area (Å²) in [5.41, 5.74) is -0.637. The second-order valence-corrected chi connectivity index (χ2v) is 5.85. The van der Waals surface area contributed by atoms with Crippen LogP contribution in [0.2, 0.25) is 0 Å². The van der Waals surface area contributed by atoms with Crippen molar-refractivity contribution in [3.8, 4) is 0 Å². The number of hydrogen-bond acceptors (Lipinski definition) is 5. The number of thioether (sulfide) groups is 1. The fraction of sp³-hybridized carbons (Fsp3) is 0.917. The Bertz CT molecular complexity index is 236. The third kappa shape index (κ3) is 5.75. The van der Waals surface area contributed by atoms with Gasteiger partial charge < -0.3 is 15.2 Å². The van der Waals surface area contributed by atoms with Gasteiger partial charge >= 0.3 is 5.97 Å². The van der Waals surface area contributed by atoms with E-state index in [0.29, 0.717) is 13.0 Å². The lowest BCUT2D eigenvalue weighted by atomic mass is 10.00. The number of nitrogens with one attached hydrogen (secondary N) is 1. The normalized spacial score (nSPS) is 18.2. The predicted molar refractivity (Wildman–Crippen MR) is 72.3 cm³/mol. The van der Waals surface area contributed by atoms with Gasteiger partial charge in [0.25, 0.3) is 0 Å². The molecule has 0 aromatic rings. The summed E-state index contributed by atoms with van der Waals surface area (Å²) in [7, 11) is 1.76. The molecule has 0 saturated heterocycles. The summed E-state index contributed by atoms with van der Waals surface area (Å²) >= 11 is 1.66. The van der Waals surface area contributed by atoms with Crippen molar-refractivity contribution in [2.24, 2.45) is 0 Å². The van der Waals surface area contributed by atoms with Crippen LogP contribution in [0, 0.1) is 0 Å². The van der Waals surface area contributed by atoms with Gasteiger partial charge in [0, 0.05) is 5.25 Å². The van der Waals surface area contributed by atoms with Crippen LogP contribution in [0.1, 0.15) is 34.1 Å². The van der Waals surface area contributed by atoms with Crippen molar-refractivity contribution >= 4 is 17.7 Å². The molecule has 3 unspecified atom stereocenters. The summed E-state index contributed by atoms with van der Waals surface area (Å²) in [5, 5.41) is 12.6. The van der Waals surface area contributed by atoms with Crippen LogP contribution in [0.25, 0.3) is 0 Å². The summed E-state index contributed by atoms with van der Waals surface area (Å²) in [6.07, 6.45) is 0.354. The molecule has 4 nitrogen and oxygen atoms in total. The number of esters is 1. The van der Waals surface area contributed by atoms with Crippen molar-refractivity contribution in [3.05, 3.63) is 0 Å². The van der Waals surface area contributed by atoms with Gasteiger partial charge in [0.15, 0.2) is 0 Å². The lowest BCUT2D eigenvalue weighted by Crippen LogP contribution is -2.49. The zero-order valence-corrected chi connectivity index (χ0v) is 12.3. The Labute approximate surface area is 108 Å². The molecular weight excluding hydrogens is 238 g/mol. The Balaban J connectivity index is 4.16. The van der Waals surface area contributed by atoms with Gasteiger partial charge in [0.1, 0.15) is 5.54 Å². The van der Waals surface area contributed by atoms with Gasteiger partial charge in [-0.25, -0.2) is 0 Å². The van der Waals surface area contributed by atoms with Crippen LogP contribution in [-0.2, 0) is 9.53 Å². The summed E-state index contributed by atoms with van der Waals surface area (Å²) < 4.78 is 5.04. The highest BCUT2D eigenvalue weighted by atomic mass is 32.2. The highest BCUT2D eigenvalue weighted by molar-refractivity contribution is 7.99. The summed E-state index contributed by atoms with van der Waals surface area (Å²) in [5.74, 6) is 0.593. The smallest absolute Gasteiger partial charge is 0.326 e. The summed E-state index contributed by atoms with van der Waals surface area (Å²) in [4.78, 5) is 11.8. The zero-order valence-electron chi connectivity index (χ0n) is 11.4. The minimum atomic E-state index is -0.637. The maximum Gasteiger partial charge on any atom is 0.326 e. The zero-order chi connectivity index (χ0) is 13.5.